The maximum atomic E-state index is 12.8. The number of carbonyl (C=O) groups excluding carboxylic acids is 1. The van der Waals surface area contributed by atoms with Crippen molar-refractivity contribution in [3.8, 4) is 23.0 Å². The molecule has 0 atom stereocenters. The Morgan fingerprint density at radius 2 is 1.44 bits per heavy atom. The van der Waals surface area contributed by atoms with Crippen molar-refractivity contribution in [2.24, 2.45) is 0 Å². The van der Waals surface area contributed by atoms with Gasteiger partial charge in [-0.05, 0) is 54.8 Å². The van der Waals surface area contributed by atoms with Crippen molar-refractivity contribution in [1.29, 1.82) is 0 Å². The number of ether oxygens (including phenoxy) is 4. The van der Waals surface area contributed by atoms with Crippen LogP contribution in [0.25, 0.3) is 6.08 Å². The van der Waals surface area contributed by atoms with E-state index in [4.69, 9.17) is 30.5 Å². The van der Waals surface area contributed by atoms with Crippen LogP contribution in [0, 0.1) is 13.8 Å². The SMILES string of the molecule is COc1cc(/C=C/C(=O)c2c(OC)cc(C)c(Cl)c2C)cc(OC)c1OC. The molecule has 0 N–H and O–H groups in total. The van der Waals surface area contributed by atoms with Gasteiger partial charge >= 0.3 is 0 Å². The van der Waals surface area contributed by atoms with Crippen molar-refractivity contribution in [2.45, 2.75) is 13.8 Å². The van der Waals surface area contributed by atoms with Crippen LogP contribution in [-0.4, -0.2) is 34.2 Å². The molecule has 5 nitrogen and oxygen atoms in total. The van der Waals surface area contributed by atoms with Gasteiger partial charge in [0.25, 0.3) is 0 Å². The van der Waals surface area contributed by atoms with Gasteiger partial charge in [-0.1, -0.05) is 17.7 Å². The van der Waals surface area contributed by atoms with Crippen LogP contribution in [0.15, 0.2) is 24.3 Å². The van der Waals surface area contributed by atoms with Crippen LogP contribution < -0.4 is 18.9 Å². The number of ketones is 1. The van der Waals surface area contributed by atoms with Gasteiger partial charge in [-0.3, -0.25) is 4.79 Å². The van der Waals surface area contributed by atoms with E-state index in [-0.39, 0.29) is 5.78 Å². The third-order valence-corrected chi connectivity index (χ3v) is 4.81. The standard InChI is InChI=1S/C21H23ClO5/c1-12-9-16(24-3)19(13(2)20(12)22)15(23)8-7-14-10-17(25-4)21(27-6)18(11-14)26-5/h7-11H,1-6H3/b8-7+. The predicted octanol–water partition coefficient (Wildman–Crippen LogP) is 4.89. The Kier molecular flexibility index (Phi) is 6.75. The lowest BCUT2D eigenvalue weighted by Crippen LogP contribution is -2.04. The number of carbonyl (C=O) groups is 1. The highest BCUT2D eigenvalue weighted by molar-refractivity contribution is 6.33. The van der Waals surface area contributed by atoms with E-state index in [0.29, 0.717) is 39.1 Å². The molecule has 0 amide bonds. The molecule has 2 aromatic rings. The Balaban J connectivity index is 2.45. The number of hydrogen-bond donors (Lipinski definition) is 0. The van der Waals surface area contributed by atoms with Crippen LogP contribution in [0.4, 0.5) is 0 Å². The number of aryl methyl sites for hydroxylation is 1. The third kappa shape index (κ3) is 4.19. The first-order valence-electron chi connectivity index (χ1n) is 8.24. The first-order valence-corrected chi connectivity index (χ1v) is 8.61. The highest BCUT2D eigenvalue weighted by Crippen LogP contribution is 2.38. The van der Waals surface area contributed by atoms with E-state index >= 15 is 0 Å². The molecule has 2 rings (SSSR count). The summed E-state index contributed by atoms with van der Waals surface area (Å²) in [6, 6.07) is 5.28. The molecule has 0 fully saturated rings. The van der Waals surface area contributed by atoms with Gasteiger partial charge in [0.2, 0.25) is 5.75 Å². The first kappa shape index (κ1) is 20.6. The molecule has 0 saturated heterocycles. The molecule has 27 heavy (non-hydrogen) atoms. The van der Waals surface area contributed by atoms with Crippen molar-refractivity contribution in [3.05, 3.63) is 51.6 Å². The highest BCUT2D eigenvalue weighted by Gasteiger charge is 2.18. The van der Waals surface area contributed by atoms with Crippen LogP contribution in [-0.2, 0) is 0 Å². The number of benzene rings is 2. The number of methoxy groups -OCH3 is 4. The van der Waals surface area contributed by atoms with Gasteiger partial charge in [-0.2, -0.15) is 0 Å². The van der Waals surface area contributed by atoms with Gasteiger partial charge in [0.05, 0.1) is 34.0 Å². The molecule has 0 aliphatic heterocycles. The lowest BCUT2D eigenvalue weighted by molar-refractivity contribution is 0.104. The molecule has 0 spiro atoms. The molecule has 6 heteroatoms. The average molecular weight is 391 g/mol. The quantitative estimate of drug-likeness (QED) is 0.497. The smallest absolute Gasteiger partial charge is 0.203 e. The lowest BCUT2D eigenvalue weighted by Gasteiger charge is -2.13. The van der Waals surface area contributed by atoms with E-state index in [0.717, 1.165) is 11.1 Å². The van der Waals surface area contributed by atoms with Gasteiger partial charge < -0.3 is 18.9 Å². The first-order chi connectivity index (χ1) is 12.9. The predicted molar refractivity (Wildman–Crippen MR) is 107 cm³/mol. The molecular formula is C21H23ClO5. The Bertz CT molecular complexity index is 862. The Morgan fingerprint density at radius 1 is 0.889 bits per heavy atom. The number of halogens is 1. The molecule has 0 unspecified atom stereocenters. The Morgan fingerprint density at radius 3 is 1.93 bits per heavy atom. The zero-order valence-electron chi connectivity index (χ0n) is 16.3. The second-order valence-corrected chi connectivity index (χ2v) is 6.24. The molecular weight excluding hydrogens is 368 g/mol. The second kappa shape index (κ2) is 8.82. The fraction of sp³-hybridized carbons (Fsp3) is 0.286. The summed E-state index contributed by atoms with van der Waals surface area (Å²) in [5, 5.41) is 0.556. The summed E-state index contributed by atoms with van der Waals surface area (Å²) < 4.78 is 21.3. The Labute approximate surface area is 164 Å². The summed E-state index contributed by atoms with van der Waals surface area (Å²) >= 11 is 6.31. The summed E-state index contributed by atoms with van der Waals surface area (Å²) in [7, 11) is 6.15. The van der Waals surface area contributed by atoms with Gasteiger partial charge in [-0.25, -0.2) is 0 Å². The lowest BCUT2D eigenvalue weighted by atomic mass is 9.99. The molecule has 0 aliphatic rings. The van der Waals surface area contributed by atoms with Gasteiger partial charge in [0, 0.05) is 5.02 Å². The van der Waals surface area contributed by atoms with Crippen LogP contribution in [0.2, 0.25) is 5.02 Å². The minimum atomic E-state index is -0.208. The molecule has 0 heterocycles. The van der Waals surface area contributed by atoms with Crippen molar-refractivity contribution in [2.75, 3.05) is 28.4 Å². The van der Waals surface area contributed by atoms with E-state index in [9.17, 15) is 4.79 Å². The minimum Gasteiger partial charge on any atom is -0.496 e. The molecule has 0 aromatic heterocycles. The number of hydrogen-bond acceptors (Lipinski definition) is 5. The van der Waals surface area contributed by atoms with Crippen molar-refractivity contribution >= 4 is 23.5 Å². The summed E-state index contributed by atoms with van der Waals surface area (Å²) in [5.41, 5.74) is 2.72. The monoisotopic (exact) mass is 390 g/mol. The minimum absolute atomic E-state index is 0.208. The van der Waals surface area contributed by atoms with Crippen LogP contribution >= 0.6 is 11.6 Å². The summed E-state index contributed by atoms with van der Waals surface area (Å²) in [6.07, 6.45) is 3.15. The van der Waals surface area contributed by atoms with Crippen LogP contribution in [0.5, 0.6) is 23.0 Å². The van der Waals surface area contributed by atoms with Gasteiger partial charge in [0.15, 0.2) is 17.3 Å². The van der Waals surface area contributed by atoms with Gasteiger partial charge in [0.1, 0.15) is 5.75 Å². The normalized spacial score (nSPS) is 10.8. The van der Waals surface area contributed by atoms with Crippen molar-refractivity contribution in [1.82, 2.24) is 0 Å². The molecule has 0 aliphatic carbocycles. The van der Waals surface area contributed by atoms with E-state index in [1.807, 2.05) is 6.92 Å². The summed E-state index contributed by atoms with van der Waals surface area (Å²) in [5.74, 6) is 1.80. The zero-order chi connectivity index (χ0) is 20.1. The zero-order valence-corrected chi connectivity index (χ0v) is 17.1. The molecule has 0 radical (unpaired) electrons. The van der Waals surface area contributed by atoms with E-state index in [1.165, 1.54) is 20.3 Å². The number of rotatable bonds is 7. The topological polar surface area (TPSA) is 54.0 Å². The van der Waals surface area contributed by atoms with Crippen molar-refractivity contribution in [3.63, 3.8) is 0 Å². The van der Waals surface area contributed by atoms with E-state index in [2.05, 4.69) is 0 Å². The maximum absolute atomic E-state index is 12.8. The van der Waals surface area contributed by atoms with Crippen LogP contribution in [0.1, 0.15) is 27.0 Å². The largest absolute Gasteiger partial charge is 0.496 e. The molecule has 2 aromatic carbocycles. The third-order valence-electron chi connectivity index (χ3n) is 4.22. The summed E-state index contributed by atoms with van der Waals surface area (Å²) in [4.78, 5) is 12.8. The summed E-state index contributed by atoms with van der Waals surface area (Å²) in [6.45, 7) is 3.68. The second-order valence-electron chi connectivity index (χ2n) is 5.87. The van der Waals surface area contributed by atoms with E-state index < -0.39 is 0 Å². The molecule has 0 bridgehead atoms. The fourth-order valence-corrected chi connectivity index (χ4v) is 2.99. The Hall–Kier alpha value is -2.66. The van der Waals surface area contributed by atoms with Crippen molar-refractivity contribution < 1.29 is 23.7 Å². The fourth-order valence-electron chi connectivity index (χ4n) is 2.84. The van der Waals surface area contributed by atoms with Gasteiger partial charge in [-0.15, -0.1) is 0 Å². The van der Waals surface area contributed by atoms with Crippen LogP contribution in [0.3, 0.4) is 0 Å². The highest BCUT2D eigenvalue weighted by atomic mass is 35.5. The number of allylic oxidation sites excluding steroid dienone is 1. The molecule has 0 saturated carbocycles. The van der Waals surface area contributed by atoms with E-state index in [1.54, 1.807) is 45.4 Å². The average Bonchev–Trinajstić information content (AvgIpc) is 2.68. The maximum Gasteiger partial charge on any atom is 0.203 e. The molecule has 144 valence electrons.